The van der Waals surface area contributed by atoms with E-state index in [-0.39, 0.29) is 6.04 Å². The largest absolute Gasteiger partial charge is 0.493 e. The summed E-state index contributed by atoms with van der Waals surface area (Å²) in [5.41, 5.74) is 6.89. The third kappa shape index (κ3) is 3.49. The lowest BCUT2D eigenvalue weighted by Crippen LogP contribution is -2.05. The number of thiophene rings is 1. The van der Waals surface area contributed by atoms with Crippen molar-refractivity contribution in [1.29, 1.82) is 0 Å². The van der Waals surface area contributed by atoms with Crippen LogP contribution in [0.2, 0.25) is 0 Å². The molecule has 1 atom stereocenters. The summed E-state index contributed by atoms with van der Waals surface area (Å²) >= 11 is 5.15. The highest BCUT2D eigenvalue weighted by Crippen LogP contribution is 2.32. The van der Waals surface area contributed by atoms with E-state index in [1.807, 2.05) is 36.6 Å². The lowest BCUT2D eigenvalue weighted by atomic mass is 10.1. The molecule has 0 saturated heterocycles. The van der Waals surface area contributed by atoms with Gasteiger partial charge in [-0.1, -0.05) is 6.07 Å². The van der Waals surface area contributed by atoms with Gasteiger partial charge in [0.05, 0.1) is 12.0 Å². The second kappa shape index (κ2) is 6.41. The molecule has 5 heteroatoms. The molecule has 0 aliphatic rings. The Morgan fingerprint density at radius 1 is 1.32 bits per heavy atom. The molecule has 0 amide bonds. The number of nitrogens with two attached hydrogens (primary N) is 1. The van der Waals surface area contributed by atoms with Gasteiger partial charge in [0.25, 0.3) is 0 Å². The summed E-state index contributed by atoms with van der Waals surface area (Å²) in [4.78, 5) is 1.15. The fraction of sp³-hybridized carbons (Fsp3) is 0.286. The first kappa shape index (κ1) is 14.4. The molecular weight excluding hydrogens is 326 g/mol. The van der Waals surface area contributed by atoms with Gasteiger partial charge < -0.3 is 15.2 Å². The summed E-state index contributed by atoms with van der Waals surface area (Å²) in [5.74, 6) is 1.44. The maximum atomic E-state index is 5.86. The van der Waals surface area contributed by atoms with E-state index in [0.717, 1.165) is 20.7 Å². The number of benzene rings is 1. The van der Waals surface area contributed by atoms with E-state index in [1.54, 1.807) is 18.4 Å². The predicted octanol–water partition coefficient (Wildman–Crippen LogP) is 4.12. The minimum absolute atomic E-state index is 0.0191. The molecule has 0 aliphatic carbocycles. The number of hydrogen-bond acceptors (Lipinski definition) is 4. The van der Waals surface area contributed by atoms with E-state index in [1.165, 1.54) is 0 Å². The minimum Gasteiger partial charge on any atom is -0.493 e. The van der Waals surface area contributed by atoms with Gasteiger partial charge in [-0.2, -0.15) is 0 Å². The molecule has 0 aliphatic heterocycles. The summed E-state index contributed by atoms with van der Waals surface area (Å²) < 4.78 is 12.2. The van der Waals surface area contributed by atoms with Crippen LogP contribution in [0, 0.1) is 0 Å². The second-order valence-electron chi connectivity index (χ2n) is 4.18. The van der Waals surface area contributed by atoms with Crippen molar-refractivity contribution in [2.24, 2.45) is 5.73 Å². The van der Waals surface area contributed by atoms with Gasteiger partial charge >= 0.3 is 0 Å². The third-order valence-electron chi connectivity index (χ3n) is 2.76. The summed E-state index contributed by atoms with van der Waals surface area (Å²) in [6.07, 6.45) is 0. The van der Waals surface area contributed by atoms with Crippen LogP contribution < -0.4 is 15.2 Å². The van der Waals surface area contributed by atoms with Gasteiger partial charge in [0, 0.05) is 10.5 Å². The molecule has 1 aromatic heterocycles. The normalized spacial score (nSPS) is 12.2. The van der Waals surface area contributed by atoms with Crippen LogP contribution >= 0.6 is 27.3 Å². The highest BCUT2D eigenvalue weighted by atomic mass is 79.9. The molecule has 2 aromatic rings. The van der Waals surface area contributed by atoms with Gasteiger partial charge in [-0.15, -0.1) is 11.3 Å². The molecule has 0 fully saturated rings. The first-order valence-electron chi connectivity index (χ1n) is 5.90. The third-order valence-corrected chi connectivity index (χ3v) is 4.66. The lowest BCUT2D eigenvalue weighted by Gasteiger charge is -2.13. The molecule has 0 spiro atoms. The van der Waals surface area contributed by atoms with E-state index in [4.69, 9.17) is 15.2 Å². The maximum absolute atomic E-state index is 5.86. The van der Waals surface area contributed by atoms with Crippen LogP contribution in [0.25, 0.3) is 0 Å². The molecule has 2 N–H and O–H groups in total. The van der Waals surface area contributed by atoms with Crippen molar-refractivity contribution < 1.29 is 9.47 Å². The second-order valence-corrected chi connectivity index (χ2v) is 6.03. The SMILES string of the molecule is COc1cc([C@@H](C)N)ccc1OCc1sccc1Br. The Balaban J connectivity index is 2.14. The standard InChI is InChI=1S/C14H16BrNO2S/c1-9(16)10-3-4-12(13(7-10)17-2)18-8-14-11(15)5-6-19-14/h3-7,9H,8,16H2,1-2H3/t9-/m1/s1. The first-order valence-corrected chi connectivity index (χ1v) is 7.57. The quantitative estimate of drug-likeness (QED) is 0.889. The Hall–Kier alpha value is -1.04. The van der Waals surface area contributed by atoms with Crippen molar-refractivity contribution in [1.82, 2.24) is 0 Å². The average Bonchev–Trinajstić information content (AvgIpc) is 2.81. The summed E-state index contributed by atoms with van der Waals surface area (Å²) in [7, 11) is 1.63. The molecule has 2 rings (SSSR count). The predicted molar refractivity (Wildman–Crippen MR) is 81.9 cm³/mol. The maximum Gasteiger partial charge on any atom is 0.161 e. The Morgan fingerprint density at radius 2 is 2.11 bits per heavy atom. The Labute approximate surface area is 125 Å². The molecular formula is C14H16BrNO2S. The zero-order chi connectivity index (χ0) is 13.8. The summed E-state index contributed by atoms with van der Waals surface area (Å²) in [6, 6.07) is 7.78. The molecule has 3 nitrogen and oxygen atoms in total. The van der Waals surface area contributed by atoms with Crippen LogP contribution in [-0.2, 0) is 6.61 Å². The molecule has 0 bridgehead atoms. The van der Waals surface area contributed by atoms with Gasteiger partial charge in [0.1, 0.15) is 6.61 Å². The van der Waals surface area contributed by atoms with Crippen molar-refractivity contribution in [3.05, 3.63) is 44.6 Å². The number of halogens is 1. The monoisotopic (exact) mass is 341 g/mol. The van der Waals surface area contributed by atoms with Crippen LogP contribution in [0.1, 0.15) is 23.4 Å². The topological polar surface area (TPSA) is 44.5 Å². The molecule has 0 radical (unpaired) electrons. The molecule has 102 valence electrons. The lowest BCUT2D eigenvalue weighted by molar-refractivity contribution is 0.286. The molecule has 1 heterocycles. The van der Waals surface area contributed by atoms with Crippen LogP contribution in [-0.4, -0.2) is 7.11 Å². The fourth-order valence-corrected chi connectivity index (χ4v) is 3.04. The van der Waals surface area contributed by atoms with E-state index in [0.29, 0.717) is 12.4 Å². The van der Waals surface area contributed by atoms with Crippen molar-refractivity contribution in [2.45, 2.75) is 19.6 Å². The van der Waals surface area contributed by atoms with Crippen LogP contribution in [0.3, 0.4) is 0 Å². The highest BCUT2D eigenvalue weighted by Gasteiger charge is 2.09. The molecule has 19 heavy (non-hydrogen) atoms. The van der Waals surface area contributed by atoms with Gasteiger partial charge in [-0.05, 0) is 52.0 Å². The van der Waals surface area contributed by atoms with E-state index >= 15 is 0 Å². The van der Waals surface area contributed by atoms with Gasteiger partial charge in [-0.3, -0.25) is 0 Å². The fourth-order valence-electron chi connectivity index (χ4n) is 1.66. The van der Waals surface area contributed by atoms with Gasteiger partial charge in [0.2, 0.25) is 0 Å². The van der Waals surface area contributed by atoms with Crippen molar-refractivity contribution in [2.75, 3.05) is 7.11 Å². The van der Waals surface area contributed by atoms with Crippen LogP contribution in [0.15, 0.2) is 34.1 Å². The number of hydrogen-bond donors (Lipinski definition) is 1. The average molecular weight is 342 g/mol. The molecule has 0 saturated carbocycles. The minimum atomic E-state index is -0.0191. The Morgan fingerprint density at radius 3 is 2.68 bits per heavy atom. The van der Waals surface area contributed by atoms with E-state index in [9.17, 15) is 0 Å². The zero-order valence-corrected chi connectivity index (χ0v) is 13.3. The smallest absolute Gasteiger partial charge is 0.161 e. The van der Waals surface area contributed by atoms with Gasteiger partial charge in [-0.25, -0.2) is 0 Å². The number of ether oxygens (including phenoxy) is 2. The van der Waals surface area contributed by atoms with E-state index < -0.39 is 0 Å². The summed E-state index contributed by atoms with van der Waals surface area (Å²) in [5, 5.41) is 2.03. The zero-order valence-electron chi connectivity index (χ0n) is 10.9. The van der Waals surface area contributed by atoms with E-state index in [2.05, 4.69) is 15.9 Å². The number of methoxy groups -OCH3 is 1. The van der Waals surface area contributed by atoms with Crippen LogP contribution in [0.4, 0.5) is 0 Å². The van der Waals surface area contributed by atoms with Crippen molar-refractivity contribution in [3.63, 3.8) is 0 Å². The first-order chi connectivity index (χ1) is 9.11. The van der Waals surface area contributed by atoms with Gasteiger partial charge in [0.15, 0.2) is 11.5 Å². The molecule has 0 unspecified atom stereocenters. The highest BCUT2D eigenvalue weighted by molar-refractivity contribution is 9.10. The number of rotatable bonds is 5. The van der Waals surface area contributed by atoms with Crippen molar-refractivity contribution >= 4 is 27.3 Å². The van der Waals surface area contributed by atoms with Crippen LogP contribution in [0.5, 0.6) is 11.5 Å². The summed E-state index contributed by atoms with van der Waals surface area (Å²) in [6.45, 7) is 2.46. The molecule has 1 aromatic carbocycles. The van der Waals surface area contributed by atoms with Crippen molar-refractivity contribution in [3.8, 4) is 11.5 Å². The Kier molecular flexibility index (Phi) is 4.85. The Bertz CT molecular complexity index is 554.